The molecule has 0 spiro atoms. The van der Waals surface area contributed by atoms with E-state index in [-0.39, 0.29) is 5.91 Å². The second-order valence-corrected chi connectivity index (χ2v) is 10.8. The van der Waals surface area contributed by atoms with E-state index in [2.05, 4.69) is 43.0 Å². The number of carbonyl (C=O) groups excluding carboxylic acids is 1. The lowest BCUT2D eigenvalue weighted by Gasteiger charge is -2.36. The van der Waals surface area contributed by atoms with E-state index in [0.717, 1.165) is 48.5 Å². The summed E-state index contributed by atoms with van der Waals surface area (Å²) in [6.45, 7) is 7.49. The molecular formula is C28H34N2O2S. The number of hydrogen-bond donors (Lipinski definition) is 0. The van der Waals surface area contributed by atoms with E-state index < -0.39 is 0 Å². The van der Waals surface area contributed by atoms with Gasteiger partial charge in [0, 0.05) is 53.8 Å². The standard InChI is InChI=1S/C28H34N2O2S/c1-20-9-8-13-25(21(20)2)29-15-17-30(18-16-29)28(31)27-24(19-33-22-10-4-3-5-11-22)23-12-6-7-14-26(23)32-27/h6-9,12-14,22H,3-5,10-11,15-19H2,1-2H3. The van der Waals surface area contributed by atoms with Gasteiger partial charge in [-0.3, -0.25) is 4.79 Å². The molecule has 1 saturated carbocycles. The third-order valence-corrected chi connectivity index (χ3v) is 8.79. The highest BCUT2D eigenvalue weighted by Crippen LogP contribution is 2.35. The monoisotopic (exact) mass is 462 g/mol. The predicted octanol–water partition coefficient (Wildman–Crippen LogP) is 6.58. The van der Waals surface area contributed by atoms with Crippen LogP contribution in [-0.4, -0.2) is 42.2 Å². The molecule has 1 aliphatic heterocycles. The fourth-order valence-corrected chi connectivity index (χ4v) is 6.58. The molecule has 174 valence electrons. The highest BCUT2D eigenvalue weighted by molar-refractivity contribution is 7.99. The molecule has 33 heavy (non-hydrogen) atoms. The molecule has 0 radical (unpaired) electrons. The van der Waals surface area contributed by atoms with Gasteiger partial charge in [0.2, 0.25) is 0 Å². The van der Waals surface area contributed by atoms with Gasteiger partial charge in [0.1, 0.15) is 5.58 Å². The van der Waals surface area contributed by atoms with Crippen molar-refractivity contribution in [3.8, 4) is 0 Å². The second-order valence-electron chi connectivity index (χ2n) is 9.48. The van der Waals surface area contributed by atoms with Crippen LogP contribution in [0.25, 0.3) is 11.0 Å². The van der Waals surface area contributed by atoms with Crippen molar-refractivity contribution in [3.63, 3.8) is 0 Å². The average Bonchev–Trinajstić information content (AvgIpc) is 3.23. The highest BCUT2D eigenvalue weighted by Gasteiger charge is 2.29. The number of hydrogen-bond acceptors (Lipinski definition) is 4. The number of anilines is 1. The third-order valence-electron chi connectivity index (χ3n) is 7.39. The number of fused-ring (bicyclic) bond motifs is 1. The maximum atomic E-state index is 13.6. The van der Waals surface area contributed by atoms with Gasteiger partial charge in [-0.05, 0) is 49.9 Å². The van der Waals surface area contributed by atoms with E-state index in [9.17, 15) is 4.79 Å². The second kappa shape index (κ2) is 9.84. The van der Waals surface area contributed by atoms with Crippen molar-refractivity contribution in [1.82, 2.24) is 4.90 Å². The Balaban J connectivity index is 1.32. The van der Waals surface area contributed by atoms with E-state index in [0.29, 0.717) is 11.0 Å². The number of rotatable bonds is 5. The number of aryl methyl sites for hydroxylation is 1. The fraction of sp³-hybridized carbons (Fsp3) is 0.464. The Morgan fingerprint density at radius 1 is 0.970 bits per heavy atom. The van der Waals surface area contributed by atoms with Crippen LogP contribution in [0.3, 0.4) is 0 Å². The first kappa shape index (κ1) is 22.4. The Kier molecular flexibility index (Phi) is 6.68. The summed E-state index contributed by atoms with van der Waals surface area (Å²) in [7, 11) is 0. The summed E-state index contributed by atoms with van der Waals surface area (Å²) < 4.78 is 6.18. The molecular weight excluding hydrogens is 428 g/mol. The molecule has 5 rings (SSSR count). The Hall–Kier alpha value is -2.40. The molecule has 3 aromatic rings. The number of nitrogens with zero attached hydrogens (tertiary/aromatic N) is 2. The van der Waals surface area contributed by atoms with Gasteiger partial charge in [-0.1, -0.05) is 49.6 Å². The molecule has 0 bridgehead atoms. The normalized spacial score (nSPS) is 17.6. The molecule has 0 N–H and O–H groups in total. The van der Waals surface area contributed by atoms with E-state index in [1.54, 1.807) is 0 Å². The van der Waals surface area contributed by atoms with E-state index in [1.807, 2.05) is 34.9 Å². The van der Waals surface area contributed by atoms with Crippen LogP contribution in [0.2, 0.25) is 0 Å². The molecule has 4 nitrogen and oxygen atoms in total. The van der Waals surface area contributed by atoms with Crippen LogP contribution in [0.15, 0.2) is 46.9 Å². The largest absolute Gasteiger partial charge is 0.451 e. The summed E-state index contributed by atoms with van der Waals surface area (Å²) in [5.74, 6) is 1.45. The molecule has 1 amide bonds. The smallest absolute Gasteiger partial charge is 0.290 e. The zero-order chi connectivity index (χ0) is 22.8. The van der Waals surface area contributed by atoms with Crippen LogP contribution in [0.1, 0.15) is 59.3 Å². The molecule has 0 unspecified atom stereocenters. The van der Waals surface area contributed by atoms with Crippen molar-refractivity contribution < 1.29 is 9.21 Å². The van der Waals surface area contributed by atoms with Gasteiger partial charge in [0.25, 0.3) is 5.91 Å². The Labute approximate surface area is 201 Å². The van der Waals surface area contributed by atoms with Gasteiger partial charge in [0.05, 0.1) is 0 Å². The number of furan rings is 1. The first-order chi connectivity index (χ1) is 16.1. The number of piperazine rings is 1. The average molecular weight is 463 g/mol. The predicted molar refractivity (Wildman–Crippen MR) is 138 cm³/mol. The van der Waals surface area contributed by atoms with Crippen molar-refractivity contribution in [2.45, 2.75) is 57.0 Å². The SMILES string of the molecule is Cc1cccc(N2CCN(C(=O)c3oc4ccccc4c3CSC3CCCCC3)CC2)c1C. The molecule has 0 atom stereocenters. The molecule has 2 aromatic carbocycles. The lowest BCUT2D eigenvalue weighted by molar-refractivity contribution is 0.0716. The van der Waals surface area contributed by atoms with Crippen LogP contribution >= 0.6 is 11.8 Å². The van der Waals surface area contributed by atoms with Crippen molar-refractivity contribution >= 4 is 34.3 Å². The number of benzene rings is 2. The Morgan fingerprint density at radius 2 is 1.73 bits per heavy atom. The van der Waals surface area contributed by atoms with Gasteiger partial charge in [0.15, 0.2) is 5.76 Å². The molecule has 1 saturated heterocycles. The minimum atomic E-state index is 0.0473. The van der Waals surface area contributed by atoms with Crippen LogP contribution < -0.4 is 4.90 Å². The van der Waals surface area contributed by atoms with Crippen LogP contribution in [0.4, 0.5) is 5.69 Å². The highest BCUT2D eigenvalue weighted by atomic mass is 32.2. The van der Waals surface area contributed by atoms with Crippen LogP contribution in [0.5, 0.6) is 0 Å². The third kappa shape index (κ3) is 4.65. The van der Waals surface area contributed by atoms with Crippen molar-refractivity contribution in [2.75, 3.05) is 31.1 Å². The summed E-state index contributed by atoms with van der Waals surface area (Å²) in [6, 6.07) is 14.6. The van der Waals surface area contributed by atoms with Crippen molar-refractivity contribution in [3.05, 3.63) is 64.9 Å². The van der Waals surface area contributed by atoms with Gasteiger partial charge >= 0.3 is 0 Å². The Morgan fingerprint density at radius 3 is 2.52 bits per heavy atom. The zero-order valence-corrected chi connectivity index (χ0v) is 20.6. The van der Waals surface area contributed by atoms with E-state index in [4.69, 9.17) is 4.42 Å². The van der Waals surface area contributed by atoms with E-state index >= 15 is 0 Å². The van der Waals surface area contributed by atoms with Gasteiger partial charge < -0.3 is 14.2 Å². The van der Waals surface area contributed by atoms with Crippen molar-refractivity contribution in [2.24, 2.45) is 0 Å². The first-order valence-corrected chi connectivity index (χ1v) is 13.4. The molecule has 2 aliphatic rings. The summed E-state index contributed by atoms with van der Waals surface area (Å²) in [5, 5.41) is 1.80. The number of thioether (sulfide) groups is 1. The molecule has 2 fully saturated rings. The zero-order valence-electron chi connectivity index (χ0n) is 19.8. The van der Waals surface area contributed by atoms with Crippen LogP contribution in [0, 0.1) is 13.8 Å². The Bertz CT molecular complexity index is 1120. The lowest BCUT2D eigenvalue weighted by Crippen LogP contribution is -2.49. The first-order valence-electron chi connectivity index (χ1n) is 12.3. The fourth-order valence-electron chi connectivity index (χ4n) is 5.22. The summed E-state index contributed by atoms with van der Waals surface area (Å²) in [5.41, 5.74) is 5.85. The van der Waals surface area contributed by atoms with Gasteiger partial charge in [-0.15, -0.1) is 0 Å². The number of amides is 1. The topological polar surface area (TPSA) is 36.7 Å². The maximum Gasteiger partial charge on any atom is 0.290 e. The van der Waals surface area contributed by atoms with Crippen molar-refractivity contribution in [1.29, 1.82) is 0 Å². The molecule has 1 aliphatic carbocycles. The van der Waals surface area contributed by atoms with E-state index in [1.165, 1.54) is 48.9 Å². The summed E-state index contributed by atoms with van der Waals surface area (Å²) in [4.78, 5) is 18.0. The van der Waals surface area contributed by atoms with Crippen LogP contribution in [-0.2, 0) is 5.75 Å². The minimum Gasteiger partial charge on any atom is -0.451 e. The number of para-hydroxylation sites is 1. The summed E-state index contributed by atoms with van der Waals surface area (Å²) in [6.07, 6.45) is 6.62. The summed E-state index contributed by atoms with van der Waals surface area (Å²) >= 11 is 2.01. The maximum absolute atomic E-state index is 13.6. The van der Waals surface area contributed by atoms with Gasteiger partial charge in [-0.2, -0.15) is 11.8 Å². The van der Waals surface area contributed by atoms with Gasteiger partial charge in [-0.25, -0.2) is 0 Å². The molecule has 2 heterocycles. The quantitative estimate of drug-likeness (QED) is 0.429. The minimum absolute atomic E-state index is 0.0473. The lowest BCUT2D eigenvalue weighted by atomic mass is 10.0. The molecule has 1 aromatic heterocycles. The molecule has 5 heteroatoms. The number of carbonyl (C=O) groups is 1.